The van der Waals surface area contributed by atoms with Gasteiger partial charge in [0, 0.05) is 57.5 Å². The lowest BCUT2D eigenvalue weighted by atomic mass is 9.83. The number of ether oxygens (including phenoxy) is 1. The summed E-state index contributed by atoms with van der Waals surface area (Å²) in [5.41, 5.74) is 2.18. The van der Waals surface area contributed by atoms with Gasteiger partial charge in [0.25, 0.3) is 5.56 Å². The number of rotatable bonds is 6. The van der Waals surface area contributed by atoms with E-state index in [1.165, 1.54) is 22.3 Å². The van der Waals surface area contributed by atoms with Gasteiger partial charge < -0.3 is 18.8 Å². The number of methoxy groups -OCH3 is 1. The Kier molecular flexibility index (Phi) is 6.69. The van der Waals surface area contributed by atoms with Gasteiger partial charge in [-0.2, -0.15) is 0 Å². The number of imidazole rings is 1. The number of piperidine rings is 1. The highest BCUT2D eigenvalue weighted by atomic mass is 16.5. The molecule has 1 unspecified atom stereocenters. The standard InChI is InChI=1S/C30H32N4O7/c1-31-23-8-7-18(10-24(23)32(2)30(31)39)21(12-27(37)40-3)29-28(38)25(35)11-20(41-29)16-33-13-17-9-19(15-33)22-5-4-6-26(36)34(22)14-17/h4-8,10-11,17,19,21,38H,9,12-16H2,1-3H3/t17-,19+,21?/m1/s1. The van der Waals surface area contributed by atoms with Crippen LogP contribution in [-0.2, 0) is 36.7 Å². The number of aryl methyl sites for hydroxylation is 2. The van der Waals surface area contributed by atoms with Gasteiger partial charge in [-0.3, -0.25) is 28.4 Å². The third-order valence-electron chi connectivity index (χ3n) is 8.55. The van der Waals surface area contributed by atoms with Crippen LogP contribution in [0, 0.1) is 5.92 Å². The number of benzene rings is 1. The fourth-order valence-corrected chi connectivity index (χ4v) is 6.57. The zero-order chi connectivity index (χ0) is 29.0. The molecule has 0 aliphatic carbocycles. The van der Waals surface area contributed by atoms with Crippen LogP contribution in [0.25, 0.3) is 11.0 Å². The van der Waals surface area contributed by atoms with E-state index in [0.717, 1.165) is 18.7 Å². The molecule has 0 spiro atoms. The number of aromatic nitrogens is 3. The first kappa shape index (κ1) is 26.8. The molecule has 1 aromatic carbocycles. The molecule has 214 valence electrons. The van der Waals surface area contributed by atoms with Crippen molar-refractivity contribution in [3.8, 4) is 5.75 Å². The van der Waals surface area contributed by atoms with Crippen LogP contribution in [0.2, 0.25) is 0 Å². The molecule has 0 radical (unpaired) electrons. The highest BCUT2D eigenvalue weighted by molar-refractivity contribution is 5.78. The summed E-state index contributed by atoms with van der Waals surface area (Å²) in [5, 5.41) is 10.9. The van der Waals surface area contributed by atoms with Crippen LogP contribution in [0.5, 0.6) is 5.75 Å². The van der Waals surface area contributed by atoms with Crippen LogP contribution in [0.1, 0.15) is 47.5 Å². The first-order valence-corrected chi connectivity index (χ1v) is 13.6. The minimum atomic E-state index is -0.825. The van der Waals surface area contributed by atoms with Crippen molar-refractivity contribution in [3.63, 3.8) is 0 Å². The van der Waals surface area contributed by atoms with Gasteiger partial charge in [0.1, 0.15) is 5.76 Å². The van der Waals surface area contributed by atoms with Gasteiger partial charge in [-0.25, -0.2) is 4.79 Å². The van der Waals surface area contributed by atoms with E-state index >= 15 is 0 Å². The number of fused-ring (bicyclic) bond motifs is 5. The highest BCUT2D eigenvalue weighted by Gasteiger charge is 2.35. The summed E-state index contributed by atoms with van der Waals surface area (Å²) in [6.07, 6.45) is 0.818. The Balaban J connectivity index is 1.36. The molecule has 2 aliphatic rings. The van der Waals surface area contributed by atoms with Gasteiger partial charge >= 0.3 is 11.7 Å². The quantitative estimate of drug-likeness (QED) is 0.355. The molecule has 11 nitrogen and oxygen atoms in total. The SMILES string of the molecule is COC(=O)CC(c1ccc2c(c1)n(C)c(=O)n2C)c1oc(CN2C[C@H]3C[C@@H](C2)c2cccc(=O)n2C3)cc(=O)c1O. The molecular formula is C30H32N4O7. The first-order chi connectivity index (χ1) is 19.6. The Morgan fingerprint density at radius 3 is 2.61 bits per heavy atom. The predicted molar refractivity (Wildman–Crippen MR) is 150 cm³/mol. The van der Waals surface area contributed by atoms with E-state index in [0.29, 0.717) is 47.9 Å². The van der Waals surface area contributed by atoms with Gasteiger partial charge in [-0.1, -0.05) is 12.1 Å². The van der Waals surface area contributed by atoms with Crippen LogP contribution in [-0.4, -0.2) is 49.9 Å². The van der Waals surface area contributed by atoms with Crippen molar-refractivity contribution in [2.45, 2.75) is 37.8 Å². The third kappa shape index (κ3) is 4.69. The Labute approximate surface area is 234 Å². The minimum Gasteiger partial charge on any atom is -0.502 e. The Hall–Kier alpha value is -4.38. The summed E-state index contributed by atoms with van der Waals surface area (Å²) in [7, 11) is 4.61. The highest BCUT2D eigenvalue weighted by Crippen LogP contribution is 2.37. The van der Waals surface area contributed by atoms with E-state index < -0.39 is 23.1 Å². The Morgan fingerprint density at radius 1 is 1.05 bits per heavy atom. The number of carbonyl (C=O) groups excluding carboxylic acids is 1. The predicted octanol–water partition coefficient (Wildman–Crippen LogP) is 2.01. The summed E-state index contributed by atoms with van der Waals surface area (Å²) in [6, 6.07) is 12.0. The number of carbonyl (C=O) groups is 1. The number of nitrogens with zero attached hydrogens (tertiary/aromatic N) is 4. The van der Waals surface area contributed by atoms with Gasteiger partial charge in [0.2, 0.25) is 11.2 Å². The molecule has 1 fully saturated rings. The summed E-state index contributed by atoms with van der Waals surface area (Å²) in [6.45, 7) is 2.42. The molecule has 2 bridgehead atoms. The van der Waals surface area contributed by atoms with Crippen molar-refractivity contribution >= 4 is 17.0 Å². The average molecular weight is 561 g/mol. The summed E-state index contributed by atoms with van der Waals surface area (Å²) >= 11 is 0. The van der Waals surface area contributed by atoms with Crippen LogP contribution < -0.4 is 16.7 Å². The molecule has 0 amide bonds. The average Bonchev–Trinajstić information content (AvgIpc) is 3.17. The van der Waals surface area contributed by atoms with Crippen molar-refractivity contribution in [1.82, 2.24) is 18.6 Å². The lowest BCUT2D eigenvalue weighted by molar-refractivity contribution is -0.140. The largest absolute Gasteiger partial charge is 0.502 e. The lowest BCUT2D eigenvalue weighted by Crippen LogP contribution is -2.46. The molecule has 1 saturated heterocycles. The molecule has 11 heteroatoms. The topological polar surface area (TPSA) is 129 Å². The van der Waals surface area contributed by atoms with Gasteiger partial charge in [0.15, 0.2) is 5.76 Å². The summed E-state index contributed by atoms with van der Waals surface area (Å²) in [4.78, 5) is 52.5. The number of esters is 1. The van der Waals surface area contributed by atoms with Crippen molar-refractivity contribution in [2.75, 3.05) is 20.2 Å². The molecule has 2 aliphatic heterocycles. The second kappa shape index (κ2) is 10.2. The van der Waals surface area contributed by atoms with Crippen LogP contribution in [0.3, 0.4) is 0 Å². The van der Waals surface area contributed by atoms with Gasteiger partial charge in [0.05, 0.1) is 37.0 Å². The minimum absolute atomic E-state index is 0.0187. The van der Waals surface area contributed by atoms with Crippen molar-refractivity contribution in [1.29, 1.82) is 0 Å². The molecule has 3 aromatic heterocycles. The molecule has 5 heterocycles. The normalized spacial score (nSPS) is 19.2. The Bertz CT molecular complexity index is 1850. The number of likely N-dealkylation sites (tertiary alicyclic amines) is 1. The van der Waals surface area contributed by atoms with Crippen molar-refractivity contribution in [3.05, 3.63) is 96.3 Å². The van der Waals surface area contributed by atoms with Crippen LogP contribution in [0.4, 0.5) is 0 Å². The van der Waals surface area contributed by atoms with Gasteiger partial charge in [-0.05, 0) is 36.1 Å². The van der Waals surface area contributed by atoms with Crippen molar-refractivity contribution in [2.24, 2.45) is 20.0 Å². The molecule has 0 saturated carbocycles. The van der Waals surface area contributed by atoms with Crippen LogP contribution in [0.15, 0.2) is 61.3 Å². The maximum Gasteiger partial charge on any atom is 0.328 e. The molecule has 4 aromatic rings. The maximum absolute atomic E-state index is 13.0. The molecule has 1 N–H and O–H groups in total. The number of hydrogen-bond donors (Lipinski definition) is 1. The van der Waals surface area contributed by atoms with E-state index in [4.69, 9.17) is 9.15 Å². The van der Waals surface area contributed by atoms with E-state index in [-0.39, 0.29) is 29.3 Å². The summed E-state index contributed by atoms with van der Waals surface area (Å²) in [5.74, 6) is -1.09. The first-order valence-electron chi connectivity index (χ1n) is 13.6. The molecular weight excluding hydrogens is 528 g/mol. The Morgan fingerprint density at radius 2 is 1.83 bits per heavy atom. The fourth-order valence-electron chi connectivity index (χ4n) is 6.57. The molecule has 3 atom stereocenters. The van der Waals surface area contributed by atoms with Crippen molar-refractivity contribution < 1.29 is 19.1 Å². The summed E-state index contributed by atoms with van der Waals surface area (Å²) < 4.78 is 16.0. The van der Waals surface area contributed by atoms with Gasteiger partial charge in [-0.15, -0.1) is 0 Å². The number of hydrogen-bond acceptors (Lipinski definition) is 8. The van der Waals surface area contributed by atoms with Crippen LogP contribution >= 0.6 is 0 Å². The second-order valence-electron chi connectivity index (χ2n) is 11.2. The fraction of sp³-hybridized carbons (Fsp3) is 0.400. The zero-order valence-corrected chi connectivity index (χ0v) is 23.2. The molecule has 41 heavy (non-hydrogen) atoms. The zero-order valence-electron chi connectivity index (χ0n) is 23.2. The third-order valence-corrected chi connectivity index (χ3v) is 8.55. The van der Waals surface area contributed by atoms with E-state index in [1.54, 1.807) is 44.4 Å². The number of pyridine rings is 1. The second-order valence-corrected chi connectivity index (χ2v) is 11.2. The number of aromatic hydroxyl groups is 1. The molecule has 6 rings (SSSR count). The lowest BCUT2D eigenvalue weighted by Gasteiger charge is -2.42. The van der Waals surface area contributed by atoms with E-state index in [1.807, 2.05) is 10.6 Å². The monoisotopic (exact) mass is 560 g/mol. The van der Waals surface area contributed by atoms with E-state index in [2.05, 4.69) is 4.90 Å². The smallest absolute Gasteiger partial charge is 0.328 e. The maximum atomic E-state index is 13.0. The van der Waals surface area contributed by atoms with E-state index in [9.17, 15) is 24.3 Å².